The molecule has 2 fully saturated rings. The van der Waals surface area contributed by atoms with Gasteiger partial charge in [0.2, 0.25) is 0 Å². The second-order valence-corrected chi connectivity index (χ2v) is 5.87. The molecule has 0 radical (unpaired) electrons. The molecule has 2 aliphatic rings. The summed E-state index contributed by atoms with van der Waals surface area (Å²) >= 11 is 0. The molecule has 2 rings (SSSR count). The van der Waals surface area contributed by atoms with E-state index in [0.717, 1.165) is 0 Å². The van der Waals surface area contributed by atoms with Crippen molar-refractivity contribution in [1.82, 2.24) is 0 Å². The molecule has 0 aromatic heterocycles. The van der Waals surface area contributed by atoms with E-state index in [4.69, 9.17) is 17.2 Å². The molecule has 0 amide bonds. The Hall–Kier alpha value is -0.700. The van der Waals surface area contributed by atoms with Gasteiger partial charge in [-0.15, -0.1) is 0 Å². The molecule has 0 unspecified atom stereocenters. The van der Waals surface area contributed by atoms with Gasteiger partial charge in [-0.1, -0.05) is 38.5 Å². The molecule has 2 aliphatic carbocycles. The van der Waals surface area contributed by atoms with Crippen molar-refractivity contribution in [1.29, 1.82) is 0 Å². The molecule has 0 saturated heterocycles. The van der Waals surface area contributed by atoms with Crippen LogP contribution in [0, 0.1) is 5.92 Å². The largest absolute Gasteiger partial charge is 0.386 e. The minimum absolute atomic E-state index is 0.536. The fourth-order valence-corrected chi connectivity index (χ4v) is 2.91. The second-order valence-electron chi connectivity index (χ2n) is 5.87. The van der Waals surface area contributed by atoms with Crippen molar-refractivity contribution in [2.45, 2.75) is 77.2 Å². The molecule has 106 valence electrons. The Kier molecular flexibility index (Phi) is 7.18. The van der Waals surface area contributed by atoms with E-state index in [1.807, 2.05) is 0 Å². The molecule has 18 heavy (non-hydrogen) atoms. The standard InChI is InChI=1S/C9H18N2.C6H13N/c1-7(9(10)11)8-5-3-2-4-6-8;7-6-4-2-1-3-5-6/h8H,2-6,10-11H2,1H3;6H,1-5,7H2. The van der Waals surface area contributed by atoms with Gasteiger partial charge in [0.1, 0.15) is 0 Å². The Morgan fingerprint density at radius 1 is 0.778 bits per heavy atom. The minimum atomic E-state index is 0.536. The van der Waals surface area contributed by atoms with Crippen LogP contribution in [0.4, 0.5) is 0 Å². The zero-order valence-corrected chi connectivity index (χ0v) is 12.0. The van der Waals surface area contributed by atoms with Gasteiger partial charge in [-0.25, -0.2) is 0 Å². The normalized spacial score (nSPS) is 21.9. The quantitative estimate of drug-likeness (QED) is 0.672. The Morgan fingerprint density at radius 2 is 1.22 bits per heavy atom. The number of rotatable bonds is 1. The van der Waals surface area contributed by atoms with Crippen LogP contribution in [-0.4, -0.2) is 6.04 Å². The molecule has 6 N–H and O–H groups in total. The molecule has 0 spiro atoms. The summed E-state index contributed by atoms with van der Waals surface area (Å²) in [4.78, 5) is 0. The van der Waals surface area contributed by atoms with Crippen LogP contribution in [0.3, 0.4) is 0 Å². The average Bonchev–Trinajstić information content (AvgIpc) is 2.40. The summed E-state index contributed by atoms with van der Waals surface area (Å²) in [6.45, 7) is 2.06. The monoisotopic (exact) mass is 253 g/mol. The highest BCUT2D eigenvalue weighted by Crippen LogP contribution is 2.29. The van der Waals surface area contributed by atoms with E-state index < -0.39 is 0 Å². The number of hydrogen-bond donors (Lipinski definition) is 3. The number of hydrogen-bond acceptors (Lipinski definition) is 3. The highest BCUT2D eigenvalue weighted by atomic mass is 14.8. The first-order chi connectivity index (χ1) is 8.61. The van der Waals surface area contributed by atoms with Crippen molar-refractivity contribution in [2.75, 3.05) is 0 Å². The van der Waals surface area contributed by atoms with Crippen molar-refractivity contribution in [3.63, 3.8) is 0 Å². The molecule has 0 aromatic rings. The lowest BCUT2D eigenvalue weighted by Gasteiger charge is -2.22. The van der Waals surface area contributed by atoms with E-state index in [1.165, 1.54) is 69.8 Å². The summed E-state index contributed by atoms with van der Waals surface area (Å²) in [5, 5.41) is 0. The van der Waals surface area contributed by atoms with E-state index in [0.29, 0.717) is 17.8 Å². The van der Waals surface area contributed by atoms with Crippen molar-refractivity contribution in [3.8, 4) is 0 Å². The smallest absolute Gasteiger partial charge is 0.0925 e. The van der Waals surface area contributed by atoms with Crippen molar-refractivity contribution >= 4 is 0 Å². The Balaban J connectivity index is 0.000000199. The number of allylic oxidation sites excluding steroid dienone is 1. The van der Waals surface area contributed by atoms with E-state index in [-0.39, 0.29) is 0 Å². The lowest BCUT2D eigenvalue weighted by Crippen LogP contribution is -2.22. The summed E-state index contributed by atoms with van der Waals surface area (Å²) < 4.78 is 0. The molecule has 0 atom stereocenters. The molecule has 0 aromatic carbocycles. The first-order valence-corrected chi connectivity index (χ1v) is 7.58. The fourth-order valence-electron chi connectivity index (χ4n) is 2.91. The van der Waals surface area contributed by atoms with Crippen LogP contribution < -0.4 is 17.2 Å². The van der Waals surface area contributed by atoms with Crippen LogP contribution in [-0.2, 0) is 0 Å². The van der Waals surface area contributed by atoms with Gasteiger partial charge < -0.3 is 17.2 Å². The van der Waals surface area contributed by atoms with E-state index in [9.17, 15) is 0 Å². The van der Waals surface area contributed by atoms with E-state index in [2.05, 4.69) is 6.92 Å². The SMILES string of the molecule is CC(=C(N)N)C1CCCCC1.NC1CCCCC1. The van der Waals surface area contributed by atoms with Crippen molar-refractivity contribution < 1.29 is 0 Å². The lowest BCUT2D eigenvalue weighted by molar-refractivity contribution is 0.400. The van der Waals surface area contributed by atoms with Gasteiger partial charge in [-0.2, -0.15) is 0 Å². The molecular formula is C15H31N3. The summed E-state index contributed by atoms with van der Waals surface area (Å²) in [6, 6.07) is 0.536. The van der Waals surface area contributed by atoms with Crippen LogP contribution in [0.5, 0.6) is 0 Å². The van der Waals surface area contributed by atoms with Gasteiger partial charge >= 0.3 is 0 Å². The third-order valence-corrected chi connectivity index (χ3v) is 4.32. The maximum atomic E-state index is 5.63. The third kappa shape index (κ3) is 5.76. The highest BCUT2D eigenvalue weighted by Gasteiger charge is 2.15. The fraction of sp³-hybridized carbons (Fsp3) is 0.867. The third-order valence-electron chi connectivity index (χ3n) is 4.32. The van der Waals surface area contributed by atoms with Crippen molar-refractivity contribution in [3.05, 3.63) is 11.4 Å². The zero-order valence-electron chi connectivity index (χ0n) is 12.0. The van der Waals surface area contributed by atoms with Crippen LogP contribution in [0.25, 0.3) is 0 Å². The van der Waals surface area contributed by atoms with Crippen molar-refractivity contribution in [2.24, 2.45) is 23.1 Å². The first kappa shape index (κ1) is 15.4. The van der Waals surface area contributed by atoms with Crippen LogP contribution in [0.2, 0.25) is 0 Å². The average molecular weight is 253 g/mol. The van der Waals surface area contributed by atoms with Gasteiger partial charge in [0.15, 0.2) is 0 Å². The zero-order chi connectivity index (χ0) is 13.4. The number of nitrogens with two attached hydrogens (primary N) is 3. The van der Waals surface area contributed by atoms with E-state index >= 15 is 0 Å². The van der Waals surface area contributed by atoms with Gasteiger partial charge in [0.25, 0.3) is 0 Å². The molecule has 3 heteroatoms. The van der Waals surface area contributed by atoms with E-state index in [1.54, 1.807) is 0 Å². The molecule has 0 bridgehead atoms. The summed E-state index contributed by atoms with van der Waals surface area (Å²) in [5.74, 6) is 1.21. The second kappa shape index (κ2) is 8.41. The van der Waals surface area contributed by atoms with Gasteiger partial charge in [-0.3, -0.25) is 0 Å². The van der Waals surface area contributed by atoms with Gasteiger partial charge in [0, 0.05) is 6.04 Å². The molecule has 0 heterocycles. The minimum Gasteiger partial charge on any atom is -0.386 e. The maximum absolute atomic E-state index is 5.63. The Bertz CT molecular complexity index is 244. The van der Waals surface area contributed by atoms with Crippen LogP contribution >= 0.6 is 0 Å². The van der Waals surface area contributed by atoms with Gasteiger partial charge in [0.05, 0.1) is 5.82 Å². The topological polar surface area (TPSA) is 78.1 Å². The highest BCUT2D eigenvalue weighted by molar-refractivity contribution is 5.09. The molecule has 0 aliphatic heterocycles. The van der Waals surface area contributed by atoms with Crippen LogP contribution in [0.15, 0.2) is 11.4 Å². The summed E-state index contributed by atoms with van der Waals surface area (Å²) in [5.41, 5.74) is 17.9. The van der Waals surface area contributed by atoms with Gasteiger partial charge in [-0.05, 0) is 44.1 Å². The predicted molar refractivity (Wildman–Crippen MR) is 78.7 cm³/mol. The first-order valence-electron chi connectivity index (χ1n) is 7.58. The lowest BCUT2D eigenvalue weighted by atomic mass is 9.84. The predicted octanol–water partition coefficient (Wildman–Crippen LogP) is 2.99. The molecular weight excluding hydrogens is 222 g/mol. The Labute approximate surface area is 112 Å². The summed E-state index contributed by atoms with van der Waals surface area (Å²) in [7, 11) is 0. The maximum Gasteiger partial charge on any atom is 0.0925 e. The molecule has 2 saturated carbocycles. The Morgan fingerprint density at radius 3 is 1.56 bits per heavy atom. The summed E-state index contributed by atoms with van der Waals surface area (Å²) in [6.07, 6.45) is 13.3. The van der Waals surface area contributed by atoms with Crippen LogP contribution in [0.1, 0.15) is 71.1 Å². The molecule has 3 nitrogen and oxygen atoms in total.